The van der Waals surface area contributed by atoms with Gasteiger partial charge in [-0.2, -0.15) is 18.2 Å². The molecule has 10 heteroatoms. The van der Waals surface area contributed by atoms with Gasteiger partial charge in [0.05, 0.1) is 11.3 Å². The molecule has 0 unspecified atom stereocenters. The maximum atomic E-state index is 12.8. The van der Waals surface area contributed by atoms with Gasteiger partial charge in [-0.15, -0.1) is 0 Å². The molecule has 0 fully saturated rings. The molecule has 0 spiro atoms. The molecule has 1 N–H and O–H groups in total. The molecule has 0 saturated heterocycles. The molecule has 21 heavy (non-hydrogen) atoms. The number of hydrogen-bond donors (Lipinski definition) is 1. The molecule has 0 bridgehead atoms. The molecule has 0 atom stereocenters. The van der Waals surface area contributed by atoms with Gasteiger partial charge >= 0.3 is 6.18 Å². The Kier molecular flexibility index (Phi) is 4.16. The van der Waals surface area contributed by atoms with Crippen LogP contribution in [0.2, 0.25) is 5.28 Å². The highest BCUT2D eigenvalue weighted by molar-refractivity contribution is 6.28. The number of rotatable bonds is 3. The van der Waals surface area contributed by atoms with Crippen LogP contribution in [0.5, 0.6) is 11.6 Å². The van der Waals surface area contributed by atoms with E-state index in [9.17, 15) is 18.4 Å². The van der Waals surface area contributed by atoms with E-state index in [0.717, 1.165) is 12.1 Å². The lowest BCUT2D eigenvalue weighted by atomic mass is 10.1. The van der Waals surface area contributed by atoms with Gasteiger partial charge in [-0.1, -0.05) is 0 Å². The van der Waals surface area contributed by atoms with E-state index in [1.54, 1.807) is 0 Å². The van der Waals surface area contributed by atoms with Crippen LogP contribution in [0.15, 0.2) is 30.5 Å². The molecule has 0 amide bonds. The molecule has 1 aromatic carbocycles. The summed E-state index contributed by atoms with van der Waals surface area (Å²) in [5.74, 6) is -0.304. The minimum Gasteiger partial charge on any atom is -0.733 e. The molecule has 0 radical (unpaired) electrons. The molecule has 2 rings (SSSR count). The lowest BCUT2D eigenvalue weighted by molar-refractivity contribution is -0.137. The SMILES string of the molecule is [O-]N(O)c1ccc(Oc2ccnc(Cl)n2)cc1C(F)(F)F. The molecule has 1 aromatic heterocycles. The number of aromatic nitrogens is 2. The molecule has 2 aromatic rings. The number of nitrogens with zero attached hydrogens (tertiary/aromatic N) is 3. The van der Waals surface area contributed by atoms with Crippen LogP contribution in [0, 0.1) is 5.21 Å². The van der Waals surface area contributed by atoms with E-state index in [2.05, 4.69) is 9.97 Å². The summed E-state index contributed by atoms with van der Waals surface area (Å²) in [5, 5.41) is 18.4. The fraction of sp³-hybridized carbons (Fsp3) is 0.0909. The third-order valence-electron chi connectivity index (χ3n) is 2.30. The van der Waals surface area contributed by atoms with Crippen molar-refractivity contribution in [2.24, 2.45) is 0 Å². The van der Waals surface area contributed by atoms with Gasteiger partial charge in [-0.05, 0) is 29.8 Å². The first-order valence-electron chi connectivity index (χ1n) is 5.31. The lowest BCUT2D eigenvalue weighted by Crippen LogP contribution is -2.15. The first-order valence-corrected chi connectivity index (χ1v) is 5.69. The van der Waals surface area contributed by atoms with Crippen LogP contribution < -0.4 is 9.96 Å². The standard InChI is InChI=1S/C11H6ClF3N3O3/c12-10-16-4-3-9(17-10)21-6-1-2-8(18(19)20)7(5-6)11(13,14)15/h1-5,19H/q-1. The highest BCUT2D eigenvalue weighted by atomic mass is 35.5. The predicted molar refractivity (Wildman–Crippen MR) is 66.2 cm³/mol. The Hall–Kier alpha value is -2.10. The Morgan fingerprint density at radius 1 is 1.29 bits per heavy atom. The van der Waals surface area contributed by atoms with Crippen molar-refractivity contribution in [2.45, 2.75) is 6.18 Å². The van der Waals surface area contributed by atoms with E-state index < -0.39 is 22.7 Å². The first kappa shape index (κ1) is 15.3. The Labute approximate surface area is 120 Å². The van der Waals surface area contributed by atoms with E-state index in [1.807, 2.05) is 0 Å². The van der Waals surface area contributed by atoms with Crippen molar-refractivity contribution in [2.75, 3.05) is 5.23 Å². The van der Waals surface area contributed by atoms with Gasteiger partial charge in [0.1, 0.15) is 5.75 Å². The number of alkyl halides is 3. The van der Waals surface area contributed by atoms with E-state index in [0.29, 0.717) is 6.07 Å². The topological polar surface area (TPSA) is 81.5 Å². The molecular weight excluding hydrogens is 315 g/mol. The average molecular weight is 321 g/mol. The van der Waals surface area contributed by atoms with E-state index >= 15 is 0 Å². The van der Waals surface area contributed by atoms with Gasteiger partial charge in [-0.25, -0.2) is 4.98 Å². The number of anilines is 1. The molecule has 0 saturated carbocycles. The molecule has 6 nitrogen and oxygen atoms in total. The summed E-state index contributed by atoms with van der Waals surface area (Å²) in [4.78, 5) is 7.24. The third kappa shape index (κ3) is 3.72. The highest BCUT2D eigenvalue weighted by Crippen LogP contribution is 2.38. The summed E-state index contributed by atoms with van der Waals surface area (Å²) in [5.41, 5.74) is -2.30. The van der Waals surface area contributed by atoms with Crippen molar-refractivity contribution < 1.29 is 23.1 Å². The van der Waals surface area contributed by atoms with Gasteiger partial charge in [0.15, 0.2) is 0 Å². The number of halogens is 4. The van der Waals surface area contributed by atoms with Crippen molar-refractivity contribution in [1.29, 1.82) is 0 Å². The predicted octanol–water partition coefficient (Wildman–Crippen LogP) is 3.63. The lowest BCUT2D eigenvalue weighted by Gasteiger charge is -2.25. The zero-order valence-corrected chi connectivity index (χ0v) is 10.8. The second-order valence-electron chi connectivity index (χ2n) is 3.72. The summed E-state index contributed by atoms with van der Waals surface area (Å²) in [6, 6.07) is 3.70. The molecular formula is C11H6ClF3N3O3-. The molecule has 0 aliphatic rings. The van der Waals surface area contributed by atoms with Crippen molar-refractivity contribution in [3.05, 3.63) is 46.5 Å². The largest absolute Gasteiger partial charge is 0.733 e. The number of benzene rings is 1. The molecule has 0 aliphatic carbocycles. The van der Waals surface area contributed by atoms with Gasteiger partial charge < -0.3 is 15.2 Å². The average Bonchev–Trinajstić information content (AvgIpc) is 2.37. The normalized spacial score (nSPS) is 11.3. The fourth-order valence-corrected chi connectivity index (χ4v) is 1.61. The molecule has 0 aliphatic heterocycles. The summed E-state index contributed by atoms with van der Waals surface area (Å²) in [6.45, 7) is 0. The van der Waals surface area contributed by atoms with Gasteiger partial charge in [0, 0.05) is 12.3 Å². The van der Waals surface area contributed by atoms with E-state index in [1.165, 1.54) is 12.3 Å². The minimum atomic E-state index is -4.84. The van der Waals surface area contributed by atoms with Crippen LogP contribution in [0.25, 0.3) is 0 Å². The maximum absolute atomic E-state index is 12.8. The molecule has 112 valence electrons. The third-order valence-corrected chi connectivity index (χ3v) is 2.48. The van der Waals surface area contributed by atoms with Crippen LogP contribution in [0.3, 0.4) is 0 Å². The van der Waals surface area contributed by atoms with E-state index in [-0.39, 0.29) is 16.9 Å². The quantitative estimate of drug-likeness (QED) is 0.687. The Bertz CT molecular complexity index is 652. The van der Waals surface area contributed by atoms with Crippen molar-refractivity contribution >= 4 is 17.3 Å². The Morgan fingerprint density at radius 2 is 2.00 bits per heavy atom. The van der Waals surface area contributed by atoms with Crippen LogP contribution in [0.1, 0.15) is 5.56 Å². The summed E-state index contributed by atoms with van der Waals surface area (Å²) < 4.78 is 43.5. The summed E-state index contributed by atoms with van der Waals surface area (Å²) in [7, 11) is 0. The zero-order valence-electron chi connectivity index (χ0n) is 10.0. The van der Waals surface area contributed by atoms with Gasteiger partial charge in [-0.3, -0.25) is 5.21 Å². The maximum Gasteiger partial charge on any atom is 0.418 e. The second-order valence-corrected chi connectivity index (χ2v) is 4.05. The van der Waals surface area contributed by atoms with Crippen molar-refractivity contribution in [3.8, 4) is 11.6 Å². The second kappa shape index (κ2) is 5.72. The zero-order chi connectivity index (χ0) is 15.6. The van der Waals surface area contributed by atoms with E-state index in [4.69, 9.17) is 21.5 Å². The monoisotopic (exact) mass is 320 g/mol. The van der Waals surface area contributed by atoms with Crippen LogP contribution in [-0.4, -0.2) is 15.2 Å². The summed E-state index contributed by atoms with van der Waals surface area (Å²) >= 11 is 5.52. The molecule has 1 heterocycles. The highest BCUT2D eigenvalue weighted by Gasteiger charge is 2.34. The summed E-state index contributed by atoms with van der Waals surface area (Å²) in [6.07, 6.45) is -3.58. The van der Waals surface area contributed by atoms with Gasteiger partial charge in [0.2, 0.25) is 11.2 Å². The Balaban J connectivity index is 2.38. The van der Waals surface area contributed by atoms with Gasteiger partial charge in [0.25, 0.3) is 0 Å². The van der Waals surface area contributed by atoms with Crippen LogP contribution in [0.4, 0.5) is 18.9 Å². The van der Waals surface area contributed by atoms with Crippen LogP contribution in [-0.2, 0) is 6.18 Å². The van der Waals surface area contributed by atoms with Crippen molar-refractivity contribution in [3.63, 3.8) is 0 Å². The number of ether oxygens (including phenoxy) is 1. The fourth-order valence-electron chi connectivity index (χ4n) is 1.47. The van der Waals surface area contributed by atoms with Crippen molar-refractivity contribution in [1.82, 2.24) is 9.97 Å². The minimum absolute atomic E-state index is 0.0705. The van der Waals surface area contributed by atoms with Crippen LogP contribution >= 0.6 is 11.6 Å². The first-order chi connectivity index (χ1) is 9.77. The smallest absolute Gasteiger partial charge is 0.418 e. The Morgan fingerprint density at radius 3 is 2.57 bits per heavy atom. The number of hydrogen-bond acceptors (Lipinski definition) is 6.